The van der Waals surface area contributed by atoms with Crippen molar-refractivity contribution in [1.82, 2.24) is 15.2 Å². The number of carbonyl (C=O) groups is 2. The summed E-state index contributed by atoms with van der Waals surface area (Å²) < 4.78 is 8.45. The molecule has 1 aromatic heterocycles. The highest BCUT2D eigenvalue weighted by Gasteiger charge is 2.30. The second-order valence-electron chi connectivity index (χ2n) is 10.3. The average molecular weight is 476 g/mol. The summed E-state index contributed by atoms with van der Waals surface area (Å²) in [7, 11) is 0. The van der Waals surface area contributed by atoms with Gasteiger partial charge in [-0.25, -0.2) is 4.79 Å². The molecule has 3 N–H and O–H groups in total. The molecule has 1 fully saturated rings. The van der Waals surface area contributed by atoms with Gasteiger partial charge < -0.3 is 25.0 Å². The predicted octanol–water partition coefficient (Wildman–Crippen LogP) is 5.52. The van der Waals surface area contributed by atoms with Crippen LogP contribution in [-0.4, -0.2) is 40.4 Å². The first kappa shape index (κ1) is 23.3. The standard InChI is InChI=1S/C28H33N3O4/c1-28(2,17-29-27(33)34)30-26(32)19-12-13-20-22(16-19)31-14-15-35-23-11-7-6-10-21(23)25(31)24(20)18-8-4-3-5-9-18/h6-7,10-13,16,18,29H,3-5,8-9,14-15,17H2,1-2H3,(H,30,32)(H,33,34). The molecule has 0 unspecified atom stereocenters. The fourth-order valence-electron chi connectivity index (χ4n) is 5.60. The van der Waals surface area contributed by atoms with Crippen molar-refractivity contribution >= 4 is 22.9 Å². The summed E-state index contributed by atoms with van der Waals surface area (Å²) in [5.74, 6) is 1.19. The number of amides is 2. The number of benzene rings is 2. The Bertz CT molecular complexity index is 1270. The van der Waals surface area contributed by atoms with E-state index in [1.165, 1.54) is 48.7 Å². The zero-order chi connectivity index (χ0) is 24.6. The summed E-state index contributed by atoms with van der Waals surface area (Å²) >= 11 is 0. The average Bonchev–Trinajstić information content (AvgIpc) is 3.04. The molecule has 1 aliphatic carbocycles. The smallest absolute Gasteiger partial charge is 0.404 e. The maximum absolute atomic E-state index is 13.2. The van der Waals surface area contributed by atoms with E-state index in [0.717, 1.165) is 16.8 Å². The van der Waals surface area contributed by atoms with Crippen LogP contribution in [0.2, 0.25) is 0 Å². The van der Waals surface area contributed by atoms with Crippen LogP contribution >= 0.6 is 0 Å². The number of carboxylic acid groups (broad SMARTS) is 1. The fraction of sp³-hybridized carbons (Fsp3) is 0.429. The first-order valence-electron chi connectivity index (χ1n) is 12.5. The Hall–Kier alpha value is -3.48. The lowest BCUT2D eigenvalue weighted by atomic mass is 9.81. The van der Waals surface area contributed by atoms with Gasteiger partial charge in [0.1, 0.15) is 12.4 Å². The number of rotatable bonds is 5. The highest BCUT2D eigenvalue weighted by atomic mass is 16.5. The van der Waals surface area contributed by atoms with Gasteiger partial charge in [0, 0.05) is 28.6 Å². The number of carbonyl (C=O) groups excluding carboxylic acids is 1. The number of ether oxygens (including phenoxy) is 1. The van der Waals surface area contributed by atoms with Gasteiger partial charge in [-0.3, -0.25) is 4.79 Å². The number of fused-ring (bicyclic) bond motifs is 5. The van der Waals surface area contributed by atoms with Crippen LogP contribution < -0.4 is 15.4 Å². The van der Waals surface area contributed by atoms with Gasteiger partial charge in [0.25, 0.3) is 5.91 Å². The fourth-order valence-corrected chi connectivity index (χ4v) is 5.60. The largest absolute Gasteiger partial charge is 0.491 e. The van der Waals surface area contributed by atoms with E-state index in [2.05, 4.69) is 33.4 Å². The third kappa shape index (κ3) is 4.59. The molecule has 5 rings (SSSR count). The van der Waals surface area contributed by atoms with E-state index in [0.29, 0.717) is 24.6 Å². The van der Waals surface area contributed by atoms with E-state index in [1.54, 1.807) is 13.8 Å². The van der Waals surface area contributed by atoms with E-state index in [9.17, 15) is 9.59 Å². The molecule has 3 aromatic rings. The van der Waals surface area contributed by atoms with Gasteiger partial charge in [-0.05, 0) is 62.4 Å². The zero-order valence-electron chi connectivity index (χ0n) is 20.4. The van der Waals surface area contributed by atoms with Crippen molar-refractivity contribution in [2.75, 3.05) is 13.2 Å². The Morgan fingerprint density at radius 1 is 1.11 bits per heavy atom. The molecule has 1 aliphatic heterocycles. The Kier molecular flexibility index (Phi) is 6.17. The van der Waals surface area contributed by atoms with E-state index < -0.39 is 11.6 Å². The van der Waals surface area contributed by atoms with Crippen LogP contribution in [0.25, 0.3) is 22.2 Å². The van der Waals surface area contributed by atoms with Gasteiger partial charge in [-0.2, -0.15) is 0 Å². The third-order valence-electron chi connectivity index (χ3n) is 7.23. The molecule has 7 heteroatoms. The van der Waals surface area contributed by atoms with Crippen molar-refractivity contribution in [3.63, 3.8) is 0 Å². The van der Waals surface area contributed by atoms with E-state index in [4.69, 9.17) is 9.84 Å². The van der Waals surface area contributed by atoms with Crippen molar-refractivity contribution in [1.29, 1.82) is 0 Å². The van der Waals surface area contributed by atoms with Crippen LogP contribution in [-0.2, 0) is 6.54 Å². The van der Waals surface area contributed by atoms with Gasteiger partial charge in [0.2, 0.25) is 0 Å². The molecule has 2 heterocycles. The molecule has 0 spiro atoms. The summed E-state index contributed by atoms with van der Waals surface area (Å²) in [4.78, 5) is 24.1. The number of nitrogens with zero attached hydrogens (tertiary/aromatic N) is 1. The molecular weight excluding hydrogens is 442 g/mol. The minimum Gasteiger partial charge on any atom is -0.491 e. The molecule has 2 aliphatic rings. The second-order valence-corrected chi connectivity index (χ2v) is 10.3. The SMILES string of the molecule is CC(C)(CNC(=O)O)NC(=O)c1ccc2c(C3CCCCC3)c3n(c2c1)CCOc1ccccc1-3. The summed E-state index contributed by atoms with van der Waals surface area (Å²) in [6, 6.07) is 14.2. The molecule has 7 nitrogen and oxygen atoms in total. The lowest BCUT2D eigenvalue weighted by molar-refractivity contribution is 0.0910. The molecule has 184 valence electrons. The van der Waals surface area contributed by atoms with E-state index >= 15 is 0 Å². The predicted molar refractivity (Wildman–Crippen MR) is 136 cm³/mol. The minimum absolute atomic E-state index is 0.122. The van der Waals surface area contributed by atoms with Crippen molar-refractivity contribution in [2.45, 2.75) is 64.0 Å². The summed E-state index contributed by atoms with van der Waals surface area (Å²) in [5.41, 5.74) is 4.62. The third-order valence-corrected chi connectivity index (χ3v) is 7.23. The maximum atomic E-state index is 13.2. The Morgan fingerprint density at radius 2 is 1.89 bits per heavy atom. The van der Waals surface area contributed by atoms with Gasteiger partial charge in [0.05, 0.1) is 17.8 Å². The number of para-hydroxylation sites is 1. The van der Waals surface area contributed by atoms with Crippen molar-refractivity contribution < 1.29 is 19.4 Å². The monoisotopic (exact) mass is 475 g/mol. The number of hydrogen-bond donors (Lipinski definition) is 3. The first-order valence-corrected chi connectivity index (χ1v) is 12.5. The van der Waals surface area contributed by atoms with Crippen LogP contribution in [0.3, 0.4) is 0 Å². The van der Waals surface area contributed by atoms with Crippen LogP contribution in [0.5, 0.6) is 5.75 Å². The van der Waals surface area contributed by atoms with Crippen molar-refractivity contribution in [3.05, 3.63) is 53.6 Å². The second kappa shape index (κ2) is 9.29. The normalized spacial score (nSPS) is 16.1. The van der Waals surface area contributed by atoms with Gasteiger partial charge in [-0.15, -0.1) is 0 Å². The molecule has 0 radical (unpaired) electrons. The maximum Gasteiger partial charge on any atom is 0.404 e. The number of hydrogen-bond acceptors (Lipinski definition) is 3. The molecule has 1 saturated carbocycles. The molecule has 0 atom stereocenters. The molecule has 0 bridgehead atoms. The Labute approximate surface area is 205 Å². The van der Waals surface area contributed by atoms with Crippen LogP contribution in [0.4, 0.5) is 4.79 Å². The Balaban J connectivity index is 1.59. The van der Waals surface area contributed by atoms with Crippen molar-refractivity contribution in [3.8, 4) is 17.0 Å². The van der Waals surface area contributed by atoms with Crippen LogP contribution in [0.15, 0.2) is 42.5 Å². The number of aromatic nitrogens is 1. The van der Waals surface area contributed by atoms with Gasteiger partial charge >= 0.3 is 6.09 Å². The quantitative estimate of drug-likeness (QED) is 0.453. The van der Waals surface area contributed by atoms with E-state index in [1.807, 2.05) is 24.3 Å². The van der Waals surface area contributed by atoms with Gasteiger partial charge in [-0.1, -0.05) is 37.5 Å². The highest BCUT2D eigenvalue weighted by Crippen LogP contribution is 2.47. The summed E-state index contributed by atoms with van der Waals surface area (Å²) in [6.45, 7) is 5.02. The lowest BCUT2D eigenvalue weighted by Crippen LogP contribution is -2.51. The van der Waals surface area contributed by atoms with Gasteiger partial charge in [0.15, 0.2) is 0 Å². The molecule has 2 aromatic carbocycles. The first-order chi connectivity index (χ1) is 16.8. The lowest BCUT2D eigenvalue weighted by Gasteiger charge is -2.26. The topological polar surface area (TPSA) is 92.6 Å². The Morgan fingerprint density at radius 3 is 2.66 bits per heavy atom. The molecule has 2 amide bonds. The van der Waals surface area contributed by atoms with Crippen molar-refractivity contribution in [2.24, 2.45) is 0 Å². The zero-order valence-corrected chi connectivity index (χ0v) is 20.4. The highest BCUT2D eigenvalue weighted by molar-refractivity contribution is 6.01. The summed E-state index contributed by atoms with van der Waals surface area (Å²) in [5, 5.41) is 15.5. The number of nitrogens with one attached hydrogen (secondary N) is 2. The summed E-state index contributed by atoms with van der Waals surface area (Å²) in [6.07, 6.45) is 5.04. The molecular formula is C28H33N3O4. The van der Waals surface area contributed by atoms with E-state index in [-0.39, 0.29) is 12.5 Å². The molecule has 0 saturated heterocycles. The van der Waals surface area contributed by atoms with Crippen LogP contribution in [0, 0.1) is 0 Å². The minimum atomic E-state index is -1.11. The molecule has 35 heavy (non-hydrogen) atoms. The van der Waals surface area contributed by atoms with Crippen LogP contribution in [0.1, 0.15) is 67.8 Å².